The predicted octanol–water partition coefficient (Wildman–Crippen LogP) is 1.17. The molecule has 98 valence electrons. The van der Waals surface area contributed by atoms with Crippen molar-refractivity contribution in [2.45, 2.75) is 51.2 Å². The van der Waals surface area contributed by atoms with Crippen molar-refractivity contribution in [1.29, 1.82) is 0 Å². The van der Waals surface area contributed by atoms with E-state index >= 15 is 0 Å². The Morgan fingerprint density at radius 1 is 1.29 bits per heavy atom. The van der Waals surface area contributed by atoms with Crippen molar-refractivity contribution in [3.8, 4) is 0 Å². The molecule has 0 aromatic rings. The van der Waals surface area contributed by atoms with Crippen LogP contribution in [0.3, 0.4) is 0 Å². The molecule has 0 aromatic heterocycles. The lowest BCUT2D eigenvalue weighted by Crippen LogP contribution is -2.52. The Kier molecular flexibility index (Phi) is 4.40. The number of hydrogen-bond acceptors (Lipinski definition) is 3. The first-order valence-corrected chi connectivity index (χ1v) is 6.76. The molecule has 2 aliphatic rings. The quantitative estimate of drug-likeness (QED) is 0.789. The van der Waals surface area contributed by atoms with Crippen LogP contribution in [0.2, 0.25) is 0 Å². The number of ether oxygens (including phenoxy) is 1. The average molecular weight is 241 g/mol. The zero-order chi connectivity index (χ0) is 12.3. The second kappa shape index (κ2) is 5.83. The van der Waals surface area contributed by atoms with Crippen LogP contribution >= 0.6 is 0 Å². The van der Waals surface area contributed by atoms with Gasteiger partial charge in [-0.25, -0.2) is 0 Å². The van der Waals surface area contributed by atoms with Crippen molar-refractivity contribution in [3.63, 3.8) is 0 Å². The van der Waals surface area contributed by atoms with E-state index in [2.05, 4.69) is 0 Å². The van der Waals surface area contributed by atoms with Gasteiger partial charge in [-0.15, -0.1) is 0 Å². The molecule has 2 fully saturated rings. The van der Waals surface area contributed by atoms with Crippen LogP contribution in [-0.4, -0.2) is 47.8 Å². The summed E-state index contributed by atoms with van der Waals surface area (Å²) in [5.41, 5.74) is 0. The van der Waals surface area contributed by atoms with Gasteiger partial charge in [0.05, 0.1) is 18.8 Å². The molecule has 2 unspecified atom stereocenters. The maximum Gasteiger partial charge on any atom is 0.225 e. The number of aliphatic hydroxyl groups excluding tert-OH is 1. The monoisotopic (exact) mass is 241 g/mol. The fourth-order valence-corrected chi connectivity index (χ4v) is 2.93. The fourth-order valence-electron chi connectivity index (χ4n) is 2.93. The number of amides is 1. The summed E-state index contributed by atoms with van der Waals surface area (Å²) < 4.78 is 5.56. The highest BCUT2D eigenvalue weighted by molar-refractivity contribution is 5.79. The molecule has 1 N–H and O–H groups in total. The van der Waals surface area contributed by atoms with Crippen molar-refractivity contribution in [1.82, 2.24) is 4.90 Å². The van der Waals surface area contributed by atoms with E-state index in [1.54, 1.807) is 0 Å². The Bertz CT molecular complexity index is 263. The largest absolute Gasteiger partial charge is 0.394 e. The molecule has 17 heavy (non-hydrogen) atoms. The third kappa shape index (κ3) is 3.19. The molecule has 4 nitrogen and oxygen atoms in total. The van der Waals surface area contributed by atoms with Gasteiger partial charge in [-0.1, -0.05) is 19.3 Å². The van der Waals surface area contributed by atoms with E-state index in [0.717, 1.165) is 12.8 Å². The standard InChI is InChI=1S/C13H23NO3/c1-10-7-14(8-12(9-15)17-10)13(16)11-5-3-2-4-6-11/h10-12,15H,2-9H2,1H3. The lowest BCUT2D eigenvalue weighted by Gasteiger charge is -2.38. The van der Waals surface area contributed by atoms with E-state index < -0.39 is 0 Å². The number of hydrogen-bond donors (Lipinski definition) is 1. The normalized spacial score (nSPS) is 31.5. The number of carbonyl (C=O) groups is 1. The van der Waals surface area contributed by atoms with Gasteiger partial charge in [0.1, 0.15) is 0 Å². The summed E-state index contributed by atoms with van der Waals surface area (Å²) >= 11 is 0. The molecule has 0 bridgehead atoms. The summed E-state index contributed by atoms with van der Waals surface area (Å²) in [6.45, 7) is 3.18. The molecule has 2 rings (SSSR count). The first kappa shape index (κ1) is 12.8. The zero-order valence-corrected chi connectivity index (χ0v) is 10.6. The van der Waals surface area contributed by atoms with E-state index in [1.807, 2.05) is 11.8 Å². The van der Waals surface area contributed by atoms with Crippen LogP contribution in [0.5, 0.6) is 0 Å². The lowest BCUT2D eigenvalue weighted by molar-refractivity contribution is -0.152. The van der Waals surface area contributed by atoms with Crippen LogP contribution in [-0.2, 0) is 9.53 Å². The topological polar surface area (TPSA) is 49.8 Å². The van der Waals surface area contributed by atoms with Crippen molar-refractivity contribution >= 4 is 5.91 Å². The van der Waals surface area contributed by atoms with Crippen LogP contribution in [0, 0.1) is 5.92 Å². The molecular weight excluding hydrogens is 218 g/mol. The highest BCUT2D eigenvalue weighted by atomic mass is 16.5. The van der Waals surface area contributed by atoms with Gasteiger partial charge in [-0.2, -0.15) is 0 Å². The second-order valence-corrected chi connectivity index (χ2v) is 5.33. The van der Waals surface area contributed by atoms with Crippen molar-refractivity contribution in [3.05, 3.63) is 0 Å². The Balaban J connectivity index is 1.93. The molecule has 1 saturated heterocycles. The molecule has 1 heterocycles. The van der Waals surface area contributed by atoms with Gasteiger partial charge in [0.2, 0.25) is 5.91 Å². The molecule has 0 spiro atoms. The molecule has 0 radical (unpaired) electrons. The number of morpholine rings is 1. The van der Waals surface area contributed by atoms with Crippen molar-refractivity contribution in [2.24, 2.45) is 5.92 Å². The maximum absolute atomic E-state index is 12.3. The van der Waals surface area contributed by atoms with Crippen LogP contribution in [0.1, 0.15) is 39.0 Å². The summed E-state index contributed by atoms with van der Waals surface area (Å²) in [4.78, 5) is 14.2. The van der Waals surface area contributed by atoms with Crippen molar-refractivity contribution in [2.75, 3.05) is 19.7 Å². The minimum absolute atomic E-state index is 0.00120. The van der Waals surface area contributed by atoms with Gasteiger partial charge >= 0.3 is 0 Å². The Hall–Kier alpha value is -0.610. The number of rotatable bonds is 2. The van der Waals surface area contributed by atoms with Gasteiger partial charge in [0.25, 0.3) is 0 Å². The molecule has 1 amide bonds. The van der Waals surface area contributed by atoms with Crippen LogP contribution in [0.25, 0.3) is 0 Å². The van der Waals surface area contributed by atoms with Crippen LogP contribution in [0.15, 0.2) is 0 Å². The van der Waals surface area contributed by atoms with Gasteiger partial charge in [-0.05, 0) is 19.8 Å². The Morgan fingerprint density at radius 2 is 2.00 bits per heavy atom. The minimum Gasteiger partial charge on any atom is -0.394 e. The Labute approximate surface area is 103 Å². The van der Waals surface area contributed by atoms with Crippen molar-refractivity contribution < 1.29 is 14.6 Å². The first-order chi connectivity index (χ1) is 8.20. The number of carbonyl (C=O) groups excluding carboxylic acids is 1. The molecule has 1 aliphatic carbocycles. The summed E-state index contributed by atoms with van der Waals surface area (Å²) in [6.07, 6.45) is 5.53. The molecule has 2 atom stereocenters. The van der Waals surface area contributed by atoms with E-state index in [4.69, 9.17) is 9.84 Å². The van der Waals surface area contributed by atoms with Gasteiger partial charge in [0, 0.05) is 19.0 Å². The minimum atomic E-state index is -0.203. The maximum atomic E-state index is 12.3. The smallest absolute Gasteiger partial charge is 0.225 e. The summed E-state index contributed by atoms with van der Waals surface area (Å²) in [5, 5.41) is 9.16. The molecule has 1 saturated carbocycles. The lowest BCUT2D eigenvalue weighted by atomic mass is 9.88. The summed E-state index contributed by atoms with van der Waals surface area (Å²) in [5.74, 6) is 0.492. The third-order valence-electron chi connectivity index (χ3n) is 3.80. The predicted molar refractivity (Wildman–Crippen MR) is 64.6 cm³/mol. The second-order valence-electron chi connectivity index (χ2n) is 5.33. The van der Waals surface area contributed by atoms with E-state index in [0.29, 0.717) is 13.1 Å². The molecular formula is C13H23NO3. The van der Waals surface area contributed by atoms with Gasteiger partial charge in [0.15, 0.2) is 0 Å². The number of aliphatic hydroxyl groups is 1. The Morgan fingerprint density at radius 3 is 2.65 bits per heavy atom. The summed E-state index contributed by atoms with van der Waals surface area (Å²) in [7, 11) is 0. The third-order valence-corrected chi connectivity index (χ3v) is 3.80. The first-order valence-electron chi connectivity index (χ1n) is 6.76. The number of nitrogens with zero attached hydrogens (tertiary/aromatic N) is 1. The van der Waals surface area contributed by atoms with Gasteiger partial charge in [-0.3, -0.25) is 4.79 Å². The van der Waals surface area contributed by atoms with Crippen LogP contribution < -0.4 is 0 Å². The van der Waals surface area contributed by atoms with E-state index in [9.17, 15) is 4.79 Å². The highest BCUT2D eigenvalue weighted by Gasteiger charge is 2.32. The molecule has 0 aromatic carbocycles. The molecule has 4 heteroatoms. The zero-order valence-electron chi connectivity index (χ0n) is 10.6. The highest BCUT2D eigenvalue weighted by Crippen LogP contribution is 2.26. The SMILES string of the molecule is CC1CN(C(=O)C2CCCCC2)CC(CO)O1. The molecule has 1 aliphatic heterocycles. The fraction of sp³-hybridized carbons (Fsp3) is 0.923. The van der Waals surface area contributed by atoms with E-state index in [-0.39, 0.29) is 30.6 Å². The van der Waals surface area contributed by atoms with Crippen LogP contribution in [0.4, 0.5) is 0 Å². The average Bonchev–Trinajstić information content (AvgIpc) is 2.38. The van der Waals surface area contributed by atoms with Gasteiger partial charge < -0.3 is 14.7 Å². The summed E-state index contributed by atoms with van der Waals surface area (Å²) in [6, 6.07) is 0. The van der Waals surface area contributed by atoms with E-state index in [1.165, 1.54) is 19.3 Å².